The van der Waals surface area contributed by atoms with E-state index in [1.54, 1.807) is 0 Å². The normalized spacial score (nSPS) is 15.6. The maximum atomic E-state index is 12.5. The van der Waals surface area contributed by atoms with Gasteiger partial charge in [-0.1, -0.05) is 0 Å². The van der Waals surface area contributed by atoms with Gasteiger partial charge >= 0.3 is 6.18 Å². The maximum Gasteiger partial charge on any atom is 0.416 e. The molecule has 0 amide bonds. The Kier molecular flexibility index (Phi) is 1.94. The van der Waals surface area contributed by atoms with Crippen molar-refractivity contribution in [1.29, 1.82) is 0 Å². The van der Waals surface area contributed by atoms with Crippen LogP contribution in [0.2, 0.25) is 0 Å². The summed E-state index contributed by atoms with van der Waals surface area (Å²) in [6, 6.07) is 2.24. The molecule has 0 unspecified atom stereocenters. The van der Waals surface area contributed by atoms with Gasteiger partial charge in [0.15, 0.2) is 0 Å². The van der Waals surface area contributed by atoms with Crippen molar-refractivity contribution < 1.29 is 18.3 Å². The molecule has 0 fully saturated rings. The summed E-state index contributed by atoms with van der Waals surface area (Å²) in [6.07, 6.45) is -2.52. The Morgan fingerprint density at radius 2 is 1.86 bits per heavy atom. The van der Waals surface area contributed by atoms with Crippen LogP contribution in [0.15, 0.2) is 12.1 Å². The monoisotopic (exact) mass is 202 g/mol. The number of hydrogen-bond donors (Lipinski definition) is 1. The molecule has 76 valence electrons. The van der Waals surface area contributed by atoms with Gasteiger partial charge in [-0.05, 0) is 42.5 Å². The van der Waals surface area contributed by atoms with E-state index in [1.165, 1.54) is 6.07 Å². The van der Waals surface area contributed by atoms with Crippen molar-refractivity contribution in [2.45, 2.75) is 25.4 Å². The number of phenols is 1. The quantitative estimate of drug-likeness (QED) is 0.685. The van der Waals surface area contributed by atoms with E-state index in [2.05, 4.69) is 0 Å². The summed E-state index contributed by atoms with van der Waals surface area (Å²) in [5, 5.41) is 9.14. The molecule has 1 aliphatic rings. The molecule has 1 aliphatic carbocycles. The van der Waals surface area contributed by atoms with Crippen molar-refractivity contribution in [3.63, 3.8) is 0 Å². The van der Waals surface area contributed by atoms with Crippen molar-refractivity contribution in [2.75, 3.05) is 0 Å². The second kappa shape index (κ2) is 2.90. The first-order valence-corrected chi connectivity index (χ1v) is 4.40. The molecule has 0 heterocycles. The molecular weight excluding hydrogens is 193 g/mol. The third-order valence-corrected chi connectivity index (χ3v) is 2.51. The predicted molar refractivity (Wildman–Crippen MR) is 45.1 cm³/mol. The van der Waals surface area contributed by atoms with Gasteiger partial charge in [0.25, 0.3) is 0 Å². The number of benzene rings is 1. The van der Waals surface area contributed by atoms with Gasteiger partial charge in [0, 0.05) is 0 Å². The van der Waals surface area contributed by atoms with Crippen LogP contribution in [0.4, 0.5) is 13.2 Å². The Balaban J connectivity index is 2.60. The maximum absolute atomic E-state index is 12.5. The van der Waals surface area contributed by atoms with Crippen LogP contribution >= 0.6 is 0 Å². The second-order valence-electron chi connectivity index (χ2n) is 3.48. The van der Waals surface area contributed by atoms with Gasteiger partial charge in [0.1, 0.15) is 5.75 Å². The van der Waals surface area contributed by atoms with E-state index >= 15 is 0 Å². The van der Waals surface area contributed by atoms with Gasteiger partial charge in [-0.25, -0.2) is 0 Å². The fraction of sp³-hybridized carbons (Fsp3) is 0.400. The van der Waals surface area contributed by atoms with Crippen LogP contribution in [0.3, 0.4) is 0 Å². The van der Waals surface area contributed by atoms with Gasteiger partial charge in [0.05, 0.1) is 5.56 Å². The number of rotatable bonds is 0. The zero-order chi connectivity index (χ0) is 10.3. The number of fused-ring (bicyclic) bond motifs is 1. The second-order valence-corrected chi connectivity index (χ2v) is 3.48. The van der Waals surface area contributed by atoms with E-state index in [-0.39, 0.29) is 5.75 Å². The highest BCUT2D eigenvalue weighted by Crippen LogP contribution is 2.39. The van der Waals surface area contributed by atoms with Crippen molar-refractivity contribution >= 4 is 0 Å². The van der Waals surface area contributed by atoms with Crippen molar-refractivity contribution in [3.05, 3.63) is 28.8 Å². The first-order chi connectivity index (χ1) is 6.48. The molecule has 1 N–H and O–H groups in total. The van der Waals surface area contributed by atoms with E-state index in [0.717, 1.165) is 12.5 Å². The highest BCUT2D eigenvalue weighted by atomic mass is 19.4. The number of hydrogen-bond acceptors (Lipinski definition) is 1. The average molecular weight is 202 g/mol. The molecule has 0 atom stereocenters. The summed E-state index contributed by atoms with van der Waals surface area (Å²) in [6.45, 7) is 0. The summed E-state index contributed by atoms with van der Waals surface area (Å²) in [4.78, 5) is 0. The summed E-state index contributed by atoms with van der Waals surface area (Å²) < 4.78 is 37.5. The third-order valence-electron chi connectivity index (χ3n) is 2.51. The summed E-state index contributed by atoms with van der Waals surface area (Å²) >= 11 is 0. The standard InChI is InChI=1S/C10H9F3O/c11-10(12,13)9-5-7(14)4-6-2-1-3-8(6)9/h4-5,14H,1-3H2. The minimum Gasteiger partial charge on any atom is -0.508 e. The molecule has 0 radical (unpaired) electrons. The minimum atomic E-state index is -4.35. The molecule has 1 nitrogen and oxygen atoms in total. The van der Waals surface area contributed by atoms with Crippen molar-refractivity contribution in [2.24, 2.45) is 0 Å². The number of phenolic OH excluding ortho intramolecular Hbond substituents is 1. The molecule has 0 spiro atoms. The Morgan fingerprint density at radius 1 is 1.14 bits per heavy atom. The lowest BCUT2D eigenvalue weighted by molar-refractivity contribution is -0.138. The van der Waals surface area contributed by atoms with Crippen molar-refractivity contribution in [3.8, 4) is 5.75 Å². The van der Waals surface area contributed by atoms with Crippen LogP contribution in [0.25, 0.3) is 0 Å². The van der Waals surface area contributed by atoms with Crippen LogP contribution in [0.5, 0.6) is 5.75 Å². The van der Waals surface area contributed by atoms with Crippen molar-refractivity contribution in [1.82, 2.24) is 0 Å². The minimum absolute atomic E-state index is 0.294. The molecule has 1 aromatic carbocycles. The Bertz CT molecular complexity index is 368. The Labute approximate surface area is 79.2 Å². The molecule has 0 saturated heterocycles. The summed E-state index contributed by atoms with van der Waals surface area (Å²) in [5.41, 5.74) is 0.317. The average Bonchev–Trinajstić information content (AvgIpc) is 2.47. The summed E-state index contributed by atoms with van der Waals surface area (Å²) in [5.74, 6) is -0.294. The highest BCUT2D eigenvalue weighted by Gasteiger charge is 2.35. The van der Waals surface area contributed by atoms with E-state index in [0.29, 0.717) is 24.0 Å². The van der Waals surface area contributed by atoms with Gasteiger partial charge in [0.2, 0.25) is 0 Å². The van der Waals surface area contributed by atoms with E-state index in [1.807, 2.05) is 0 Å². The molecule has 14 heavy (non-hydrogen) atoms. The first-order valence-electron chi connectivity index (χ1n) is 4.40. The van der Waals surface area contributed by atoms with E-state index < -0.39 is 11.7 Å². The SMILES string of the molecule is Oc1cc2c(c(C(F)(F)F)c1)CCC2. The fourth-order valence-corrected chi connectivity index (χ4v) is 1.94. The Hall–Kier alpha value is -1.19. The molecule has 1 aromatic rings. The molecule has 4 heteroatoms. The Morgan fingerprint density at radius 3 is 2.50 bits per heavy atom. The lowest BCUT2D eigenvalue weighted by atomic mass is 10.0. The molecule has 2 rings (SSSR count). The van der Waals surface area contributed by atoms with E-state index in [4.69, 9.17) is 5.11 Å². The van der Waals surface area contributed by atoms with Crippen LogP contribution in [0.1, 0.15) is 23.1 Å². The first kappa shape index (κ1) is 9.37. The zero-order valence-corrected chi connectivity index (χ0v) is 7.36. The lowest BCUT2D eigenvalue weighted by Gasteiger charge is -2.12. The molecule has 0 saturated carbocycles. The van der Waals surface area contributed by atoms with Crippen LogP contribution < -0.4 is 0 Å². The van der Waals surface area contributed by atoms with Crippen LogP contribution in [-0.4, -0.2) is 5.11 Å². The smallest absolute Gasteiger partial charge is 0.416 e. The number of aromatic hydroxyl groups is 1. The summed E-state index contributed by atoms with van der Waals surface area (Å²) in [7, 11) is 0. The van der Waals surface area contributed by atoms with Gasteiger partial charge in [-0.3, -0.25) is 0 Å². The topological polar surface area (TPSA) is 20.2 Å². The van der Waals surface area contributed by atoms with Gasteiger partial charge in [-0.2, -0.15) is 13.2 Å². The molecular formula is C10H9F3O. The number of halogens is 3. The lowest BCUT2D eigenvalue weighted by Crippen LogP contribution is -2.08. The molecule has 0 aliphatic heterocycles. The number of aryl methyl sites for hydroxylation is 1. The van der Waals surface area contributed by atoms with Gasteiger partial charge < -0.3 is 5.11 Å². The van der Waals surface area contributed by atoms with E-state index in [9.17, 15) is 13.2 Å². The van der Waals surface area contributed by atoms with Crippen LogP contribution in [0, 0.1) is 0 Å². The van der Waals surface area contributed by atoms with Gasteiger partial charge in [-0.15, -0.1) is 0 Å². The fourth-order valence-electron chi connectivity index (χ4n) is 1.94. The molecule has 0 bridgehead atoms. The van der Waals surface area contributed by atoms with Crippen LogP contribution in [-0.2, 0) is 19.0 Å². The predicted octanol–water partition coefficient (Wildman–Crippen LogP) is 2.90. The number of alkyl halides is 3. The zero-order valence-electron chi connectivity index (χ0n) is 7.36. The third kappa shape index (κ3) is 1.45. The highest BCUT2D eigenvalue weighted by molar-refractivity contribution is 5.45. The molecule has 0 aromatic heterocycles. The largest absolute Gasteiger partial charge is 0.508 e.